The molecule has 6 aliphatic rings. The minimum atomic E-state index is -1.07. The molecule has 6 heterocycles. The highest BCUT2D eigenvalue weighted by atomic mass is 16.6. The molecule has 144 heavy (non-hydrogen) atoms. The molecular formula is C104H77N11O29. The molecule has 0 unspecified atom stereocenters. The number of nitrogens with zero attached hydrogens (tertiary/aromatic N) is 11. The first-order valence-corrected chi connectivity index (χ1v) is 44.4. The summed E-state index contributed by atoms with van der Waals surface area (Å²) in [6.07, 6.45) is 2.82. The van der Waals surface area contributed by atoms with Gasteiger partial charge in [0.15, 0.2) is 0 Å². The predicted octanol–water partition coefficient (Wildman–Crippen LogP) is 16.8. The number of hydrogen-bond donors (Lipinski definition) is 3. The number of imide groups is 6. The van der Waals surface area contributed by atoms with Crippen LogP contribution in [0, 0.1) is 50.6 Å². The Bertz CT molecular complexity index is 7860. The lowest BCUT2D eigenvalue weighted by Crippen LogP contribution is -2.41. The van der Waals surface area contributed by atoms with Crippen molar-refractivity contribution in [2.24, 2.45) is 0 Å². The minimum Gasteiger partial charge on any atom is -0.481 e. The van der Waals surface area contributed by atoms with Crippen LogP contribution in [-0.2, 0) is 27.3 Å². The smallest absolute Gasteiger partial charge is 0.335 e. The van der Waals surface area contributed by atoms with Crippen LogP contribution in [0.3, 0.4) is 0 Å². The van der Waals surface area contributed by atoms with Crippen molar-refractivity contribution in [2.45, 2.75) is 71.8 Å². The summed E-state index contributed by atoms with van der Waals surface area (Å²) in [6.45, 7) is 3.84. The molecule has 722 valence electrons. The maximum atomic E-state index is 12.9. The molecule has 14 aromatic rings. The fourth-order valence-corrected chi connectivity index (χ4v) is 18.0. The first-order valence-electron chi connectivity index (χ1n) is 44.4. The number of amides is 12. The van der Waals surface area contributed by atoms with Gasteiger partial charge in [0.2, 0.25) is 0 Å². The Morgan fingerprint density at radius 3 is 0.965 bits per heavy atom. The number of rotatable bonds is 25. The monoisotopic (exact) mass is 1940 g/mol. The molecule has 14 aromatic carbocycles. The van der Waals surface area contributed by atoms with Gasteiger partial charge in [-0.25, -0.2) is 4.79 Å². The molecule has 0 radical (unpaired) electrons. The summed E-state index contributed by atoms with van der Waals surface area (Å²) in [7, 11) is 0. The van der Waals surface area contributed by atoms with Crippen molar-refractivity contribution in [3.05, 3.63) is 377 Å². The van der Waals surface area contributed by atoms with Gasteiger partial charge < -0.3 is 20.1 Å². The fourth-order valence-electron chi connectivity index (χ4n) is 18.0. The van der Waals surface area contributed by atoms with Crippen LogP contribution >= 0.6 is 0 Å². The average Bonchev–Trinajstić information content (AvgIpc) is 0.752. The zero-order valence-corrected chi connectivity index (χ0v) is 75.9. The lowest BCUT2D eigenvalue weighted by atomic mass is 9.93. The fraction of sp³-hybridized carbons (Fsp3) is 0.154. The number of unbranched alkanes of at least 4 members (excludes halogenated alkanes) is 2. The van der Waals surface area contributed by atoms with Crippen molar-refractivity contribution >= 4 is 188 Å². The molecule has 12 amide bonds. The van der Waals surface area contributed by atoms with Gasteiger partial charge in [0.05, 0.1) is 70.3 Å². The molecular weight excluding hydrogens is 1870 g/mol. The lowest BCUT2D eigenvalue weighted by Gasteiger charge is -2.27. The molecule has 3 N–H and O–H groups in total. The Morgan fingerprint density at radius 2 is 0.604 bits per heavy atom. The number of carbonyl (C=O) groups is 16. The van der Waals surface area contributed by atoms with Crippen LogP contribution in [0.2, 0.25) is 0 Å². The Labute approximate surface area is 810 Å². The standard InChI is InChI=1S/C20H12N2O6.C20H14N2O4.C19H18N2O5.C16H12N2O6.C15H11NO4.C14H10N2O4/c23-18-14-3-1-2-13-16(22(27)28)9-8-15(17(13)14)19(24)21(18)10-11-4-6-12(7-5-11)20(25)26;23-19-15-8-4-7-14-17(22(25)26)10-9-16(18(14)15)20(24)21(19)12-11-13-5-2-1-3-6-13;1-12(22)6-3-2-4-11-20-18(23)14-8-5-7-13-16(21(25)26)10-9-15(17(13)14)19(20)24;19-13(20)5-2-6-17-15(21)11-4-1-3-9-7-10(18(23)24)8-12(14(9)11)16(17)22;17-12(18)7-8-16-14(19)10-5-1-3-9-4-2-6-11(13(9)10)15(16)20;1-2-15-13(17)9-5-3-4-8-11(16(19)20)7-6-10(12(8)9)14(15)18/h1-9H,10H2,(H,25,26);1-10H,11-12H2;5,7-10H,2-4,6,11H2,1H3;1,3-4,7-8H,2,5-6H2,(H,19,20);1-6H,7-8H2,(H,17,18);3-7H,2H2,1H3. The molecule has 20 rings (SSSR count). The molecule has 0 saturated carbocycles. The van der Waals surface area contributed by atoms with E-state index in [-0.39, 0.29) is 131 Å². The summed E-state index contributed by atoms with van der Waals surface area (Å²) >= 11 is 0. The Kier molecular flexibility index (Phi) is 28.5. The number of carboxylic acids is 3. The van der Waals surface area contributed by atoms with Crippen LogP contribution in [-0.4, -0.2) is 197 Å². The van der Waals surface area contributed by atoms with Crippen LogP contribution in [0.1, 0.15) is 205 Å². The van der Waals surface area contributed by atoms with E-state index in [0.717, 1.165) is 49.5 Å². The van der Waals surface area contributed by atoms with Crippen LogP contribution < -0.4 is 0 Å². The highest BCUT2D eigenvalue weighted by molar-refractivity contribution is 6.31. The SMILES string of the molecule is CC(=O)CCCCCN1C(=O)c2cccc3c([N+](=O)[O-])ccc(c23)C1=O.CCN1C(=O)c2cccc3c([N+](=O)[O-])ccc(c23)C1=O.O=C(O)CCCN1C(=O)c2cccc3cc([N+](=O)[O-])cc(c23)C1=O.O=C(O)CCN1C(=O)c2cccc3cccc(c23)C1=O.O=C(O)c1ccc(CN2C(=O)c3cccc4c([N+](=O)[O-])ccc(c34)C2=O)cc1.O=C1c2cccc3c([N+](=O)[O-])ccc(c23)C(=O)N1CCc1ccccc1. The Balaban J connectivity index is 0.000000131. The summed E-state index contributed by atoms with van der Waals surface area (Å²) in [5.74, 6) is -8.63. The predicted molar refractivity (Wildman–Crippen MR) is 515 cm³/mol. The minimum absolute atomic E-state index is 0.0373. The van der Waals surface area contributed by atoms with Crippen molar-refractivity contribution in [3.8, 4) is 0 Å². The van der Waals surface area contributed by atoms with Crippen molar-refractivity contribution in [2.75, 3.05) is 32.7 Å². The van der Waals surface area contributed by atoms with Gasteiger partial charge in [-0.05, 0) is 165 Å². The number of nitro benzene ring substituents is 5. The zero-order chi connectivity index (χ0) is 103. The number of hydrogen-bond acceptors (Lipinski definition) is 26. The van der Waals surface area contributed by atoms with Gasteiger partial charge in [-0.15, -0.1) is 0 Å². The quantitative estimate of drug-likeness (QED) is 0.0207. The van der Waals surface area contributed by atoms with Crippen molar-refractivity contribution in [1.82, 2.24) is 29.4 Å². The number of benzene rings is 14. The number of non-ortho nitro benzene ring substituents is 5. The van der Waals surface area contributed by atoms with E-state index >= 15 is 0 Å². The van der Waals surface area contributed by atoms with Gasteiger partial charge in [-0.3, -0.25) is 147 Å². The normalized spacial score (nSPS) is 13.5. The number of carboxylic acid groups (broad SMARTS) is 3. The first kappa shape index (κ1) is 99.1. The van der Waals surface area contributed by atoms with Crippen molar-refractivity contribution < 1.29 is 117 Å². The molecule has 0 aliphatic carbocycles. The summed E-state index contributed by atoms with van der Waals surface area (Å²) < 4.78 is 0. The van der Waals surface area contributed by atoms with E-state index in [1.807, 2.05) is 42.5 Å². The second-order valence-corrected chi connectivity index (χ2v) is 33.3. The second kappa shape index (κ2) is 41.5. The van der Waals surface area contributed by atoms with Gasteiger partial charge >= 0.3 is 17.9 Å². The maximum Gasteiger partial charge on any atom is 0.335 e. The van der Waals surface area contributed by atoms with Gasteiger partial charge in [-0.1, -0.05) is 110 Å². The van der Waals surface area contributed by atoms with E-state index < -0.39 is 113 Å². The van der Waals surface area contributed by atoms with Gasteiger partial charge in [0.1, 0.15) is 5.78 Å². The first-order chi connectivity index (χ1) is 68.9. The third-order valence-corrected chi connectivity index (χ3v) is 24.7. The largest absolute Gasteiger partial charge is 0.481 e. The van der Waals surface area contributed by atoms with Crippen LogP contribution in [0.4, 0.5) is 28.4 Å². The summed E-state index contributed by atoms with van der Waals surface area (Å²) in [6, 6.07) is 62.9. The number of carbonyl (C=O) groups excluding carboxylic acids is 13. The van der Waals surface area contributed by atoms with E-state index in [9.17, 15) is 127 Å². The summed E-state index contributed by atoms with van der Waals surface area (Å²) in [5, 5.41) is 87.1. The molecule has 40 heteroatoms. The van der Waals surface area contributed by atoms with E-state index in [2.05, 4.69) is 0 Å². The molecule has 6 aliphatic heterocycles. The van der Waals surface area contributed by atoms with Gasteiger partial charge in [0.25, 0.3) is 99.3 Å². The van der Waals surface area contributed by atoms with Crippen molar-refractivity contribution in [3.63, 3.8) is 0 Å². The molecule has 40 nitrogen and oxygen atoms in total. The van der Waals surface area contributed by atoms with E-state index in [1.165, 1.54) is 108 Å². The number of nitro groups is 5. The third-order valence-electron chi connectivity index (χ3n) is 24.7. The number of aromatic carboxylic acids is 1. The maximum absolute atomic E-state index is 12.9. The van der Waals surface area contributed by atoms with E-state index in [4.69, 9.17) is 15.3 Å². The molecule has 0 aromatic heterocycles. The number of ketones is 1. The molecule has 0 atom stereocenters. The summed E-state index contributed by atoms with van der Waals surface area (Å²) in [4.78, 5) is 254. The number of Topliss-reactive ketones (excluding diaryl/α,β-unsaturated/α-hetero) is 1. The topological polar surface area (TPSA) is 569 Å². The van der Waals surface area contributed by atoms with Crippen LogP contribution in [0.5, 0.6) is 0 Å². The highest BCUT2D eigenvalue weighted by Crippen LogP contribution is 2.43. The third kappa shape index (κ3) is 19.3. The molecule has 0 fully saturated rings. The molecule has 0 bridgehead atoms. The second-order valence-electron chi connectivity index (χ2n) is 33.3. The highest BCUT2D eigenvalue weighted by Gasteiger charge is 2.42. The summed E-state index contributed by atoms with van der Waals surface area (Å²) in [5.41, 5.74) is 4.64. The molecule has 0 spiro atoms. The lowest BCUT2D eigenvalue weighted by molar-refractivity contribution is -0.384. The zero-order valence-electron chi connectivity index (χ0n) is 75.9. The van der Waals surface area contributed by atoms with Crippen LogP contribution in [0.15, 0.2) is 243 Å². The van der Waals surface area contributed by atoms with E-state index in [0.29, 0.717) is 118 Å². The van der Waals surface area contributed by atoms with Gasteiger partial charge in [0, 0.05) is 175 Å². The average molecular weight is 1940 g/mol. The molecule has 0 saturated heterocycles. The van der Waals surface area contributed by atoms with E-state index in [1.54, 1.807) is 110 Å². The Hall–Kier alpha value is -19.4. The van der Waals surface area contributed by atoms with Gasteiger partial charge in [-0.2, -0.15) is 0 Å². The Morgan fingerprint density at radius 1 is 0.278 bits per heavy atom. The number of aliphatic carboxylic acids is 2. The van der Waals surface area contributed by atoms with Crippen LogP contribution in [0.25, 0.3) is 64.6 Å². The van der Waals surface area contributed by atoms with Crippen molar-refractivity contribution in [1.29, 1.82) is 0 Å².